The molecule has 0 amide bonds. The van der Waals surface area contributed by atoms with E-state index in [2.05, 4.69) is 0 Å². The Morgan fingerprint density at radius 3 is 2.61 bits per heavy atom. The summed E-state index contributed by atoms with van der Waals surface area (Å²) in [4.78, 5) is 22.7. The molecule has 1 unspecified atom stereocenters. The van der Waals surface area contributed by atoms with Crippen molar-refractivity contribution in [3.63, 3.8) is 0 Å². The van der Waals surface area contributed by atoms with Crippen molar-refractivity contribution >= 4 is 17.3 Å². The van der Waals surface area contributed by atoms with E-state index in [-0.39, 0.29) is 29.6 Å². The molecular weight excluding hydrogens is 240 g/mol. The van der Waals surface area contributed by atoms with E-state index in [1.165, 1.54) is 17.0 Å². The molecule has 0 heterocycles. The molecule has 0 fully saturated rings. The number of hydrogen-bond donors (Lipinski definition) is 2. The zero-order valence-electron chi connectivity index (χ0n) is 10.0. The molecule has 0 aliphatic carbocycles. The number of hydrogen-bond acceptors (Lipinski definition) is 5. The van der Waals surface area contributed by atoms with Crippen LogP contribution in [0.3, 0.4) is 0 Å². The number of likely N-dealkylation sites (N-methyl/N-ethyl adjacent to an activating group) is 1. The molecule has 0 aliphatic heterocycles. The van der Waals surface area contributed by atoms with Gasteiger partial charge in [0.2, 0.25) is 0 Å². The van der Waals surface area contributed by atoms with Crippen LogP contribution >= 0.6 is 0 Å². The van der Waals surface area contributed by atoms with Crippen LogP contribution in [0.1, 0.15) is 17.3 Å². The summed E-state index contributed by atoms with van der Waals surface area (Å²) in [5, 5.41) is 28.8. The lowest BCUT2D eigenvalue weighted by Gasteiger charge is -2.26. The van der Waals surface area contributed by atoms with Gasteiger partial charge in [-0.25, -0.2) is 4.79 Å². The largest absolute Gasteiger partial charge is 0.478 e. The van der Waals surface area contributed by atoms with Crippen LogP contribution < -0.4 is 4.90 Å². The van der Waals surface area contributed by atoms with Crippen molar-refractivity contribution in [1.29, 1.82) is 0 Å². The first-order chi connectivity index (χ1) is 8.38. The van der Waals surface area contributed by atoms with E-state index >= 15 is 0 Å². The van der Waals surface area contributed by atoms with Gasteiger partial charge in [0.25, 0.3) is 5.69 Å². The average molecular weight is 254 g/mol. The molecule has 1 atom stereocenters. The van der Waals surface area contributed by atoms with Crippen LogP contribution in [-0.2, 0) is 0 Å². The number of carboxylic acid groups (broad SMARTS) is 1. The quantitative estimate of drug-likeness (QED) is 0.602. The van der Waals surface area contributed by atoms with Gasteiger partial charge >= 0.3 is 5.97 Å². The van der Waals surface area contributed by atoms with Gasteiger partial charge in [-0.05, 0) is 13.0 Å². The van der Waals surface area contributed by atoms with Crippen LogP contribution in [0.2, 0.25) is 0 Å². The number of non-ortho nitro benzene ring substituents is 1. The van der Waals surface area contributed by atoms with Gasteiger partial charge in [0.05, 0.1) is 22.8 Å². The number of nitro benzene ring substituents is 1. The van der Waals surface area contributed by atoms with Crippen molar-refractivity contribution in [1.82, 2.24) is 0 Å². The van der Waals surface area contributed by atoms with Crippen molar-refractivity contribution < 1.29 is 19.9 Å². The Morgan fingerprint density at radius 1 is 1.56 bits per heavy atom. The molecule has 18 heavy (non-hydrogen) atoms. The summed E-state index contributed by atoms with van der Waals surface area (Å²) in [7, 11) is 1.58. The van der Waals surface area contributed by atoms with Gasteiger partial charge in [0, 0.05) is 25.2 Å². The smallest absolute Gasteiger partial charge is 0.337 e. The van der Waals surface area contributed by atoms with Crippen molar-refractivity contribution in [2.75, 3.05) is 18.6 Å². The van der Waals surface area contributed by atoms with Crippen LogP contribution in [0.25, 0.3) is 0 Å². The lowest BCUT2D eigenvalue weighted by Crippen LogP contribution is -2.33. The Labute approximate surface area is 103 Å². The Kier molecular flexibility index (Phi) is 4.22. The van der Waals surface area contributed by atoms with E-state index in [1.807, 2.05) is 0 Å². The van der Waals surface area contributed by atoms with E-state index in [0.29, 0.717) is 0 Å². The predicted octanol–water partition coefficient (Wildman–Crippen LogP) is 1.11. The summed E-state index contributed by atoms with van der Waals surface area (Å²) in [5.74, 6) is -1.17. The lowest BCUT2D eigenvalue weighted by atomic mass is 10.1. The fraction of sp³-hybridized carbons (Fsp3) is 0.364. The minimum Gasteiger partial charge on any atom is -0.478 e. The number of nitrogens with zero attached hydrogens (tertiary/aromatic N) is 2. The molecule has 2 N–H and O–H groups in total. The fourth-order valence-electron chi connectivity index (χ4n) is 1.47. The Morgan fingerprint density at radius 2 is 2.17 bits per heavy atom. The number of benzene rings is 1. The zero-order chi connectivity index (χ0) is 13.9. The van der Waals surface area contributed by atoms with Gasteiger partial charge in [0.1, 0.15) is 0 Å². The number of rotatable bonds is 5. The van der Waals surface area contributed by atoms with Gasteiger partial charge < -0.3 is 15.1 Å². The molecule has 0 saturated carbocycles. The maximum Gasteiger partial charge on any atom is 0.337 e. The molecule has 98 valence electrons. The Bertz CT molecular complexity index is 475. The molecule has 1 aromatic rings. The molecule has 0 aliphatic rings. The molecule has 1 aromatic carbocycles. The van der Waals surface area contributed by atoms with E-state index in [9.17, 15) is 14.9 Å². The molecule has 0 bridgehead atoms. The molecule has 0 saturated heterocycles. The summed E-state index contributed by atoms with van der Waals surface area (Å²) in [6.07, 6.45) is 0. The molecule has 7 nitrogen and oxygen atoms in total. The van der Waals surface area contributed by atoms with Crippen molar-refractivity contribution in [2.45, 2.75) is 13.0 Å². The third-order valence-electron chi connectivity index (χ3n) is 2.73. The third-order valence-corrected chi connectivity index (χ3v) is 2.73. The number of aliphatic hydroxyl groups is 1. The van der Waals surface area contributed by atoms with Gasteiger partial charge in [-0.1, -0.05) is 0 Å². The average Bonchev–Trinajstić information content (AvgIpc) is 2.35. The van der Waals surface area contributed by atoms with Crippen molar-refractivity contribution in [3.05, 3.63) is 33.9 Å². The number of aliphatic hydroxyl groups excluding tert-OH is 1. The SMILES string of the molecule is CC(CO)N(C)c1cc([N+](=O)[O-])ccc1C(=O)O. The van der Waals surface area contributed by atoms with Crippen LogP contribution in [0, 0.1) is 10.1 Å². The number of carboxylic acids is 1. The fourth-order valence-corrected chi connectivity index (χ4v) is 1.47. The number of anilines is 1. The second-order valence-corrected chi connectivity index (χ2v) is 3.91. The first kappa shape index (κ1) is 13.9. The summed E-state index contributed by atoms with van der Waals surface area (Å²) in [6, 6.07) is 3.18. The number of aromatic carboxylic acids is 1. The maximum absolute atomic E-state index is 11.1. The van der Waals surface area contributed by atoms with Gasteiger partial charge in [-0.15, -0.1) is 0 Å². The highest BCUT2D eigenvalue weighted by Gasteiger charge is 2.20. The molecule has 1 rings (SSSR count). The predicted molar refractivity (Wildman–Crippen MR) is 65.0 cm³/mol. The summed E-state index contributed by atoms with van der Waals surface area (Å²) < 4.78 is 0. The molecular formula is C11H14N2O5. The van der Waals surface area contributed by atoms with E-state index in [1.54, 1.807) is 14.0 Å². The zero-order valence-corrected chi connectivity index (χ0v) is 10.0. The van der Waals surface area contributed by atoms with Crippen LogP contribution in [0.4, 0.5) is 11.4 Å². The molecule has 7 heteroatoms. The molecule has 0 spiro atoms. The number of nitro groups is 1. The first-order valence-corrected chi connectivity index (χ1v) is 5.24. The first-order valence-electron chi connectivity index (χ1n) is 5.24. The topological polar surface area (TPSA) is 104 Å². The summed E-state index contributed by atoms with van der Waals surface area (Å²) in [6.45, 7) is 1.50. The lowest BCUT2D eigenvalue weighted by molar-refractivity contribution is -0.384. The number of carbonyl (C=O) groups is 1. The van der Waals surface area contributed by atoms with E-state index < -0.39 is 10.9 Å². The van der Waals surface area contributed by atoms with Gasteiger partial charge in [0.15, 0.2) is 0 Å². The summed E-state index contributed by atoms with van der Waals surface area (Å²) in [5.41, 5.74) is -0.0198. The van der Waals surface area contributed by atoms with Crippen LogP contribution in [-0.4, -0.2) is 40.8 Å². The molecule has 0 aromatic heterocycles. The second-order valence-electron chi connectivity index (χ2n) is 3.91. The van der Waals surface area contributed by atoms with E-state index in [4.69, 9.17) is 10.2 Å². The molecule has 0 radical (unpaired) electrons. The minimum atomic E-state index is -1.17. The second kappa shape index (κ2) is 5.46. The van der Waals surface area contributed by atoms with Gasteiger partial charge in [-0.2, -0.15) is 0 Å². The standard InChI is InChI=1S/C11H14N2O5/c1-7(6-14)12(2)10-5-8(13(17)18)3-4-9(10)11(15)16/h3-5,7,14H,6H2,1-2H3,(H,15,16). The Balaban J connectivity index is 3.31. The van der Waals surface area contributed by atoms with Crippen molar-refractivity contribution in [2.24, 2.45) is 0 Å². The Hall–Kier alpha value is -2.15. The van der Waals surface area contributed by atoms with Crippen LogP contribution in [0.15, 0.2) is 18.2 Å². The highest BCUT2D eigenvalue weighted by Crippen LogP contribution is 2.26. The normalized spacial score (nSPS) is 11.9. The van der Waals surface area contributed by atoms with E-state index in [0.717, 1.165) is 6.07 Å². The highest BCUT2D eigenvalue weighted by atomic mass is 16.6. The highest BCUT2D eigenvalue weighted by molar-refractivity contribution is 5.95. The monoisotopic (exact) mass is 254 g/mol. The minimum absolute atomic E-state index is 0.0385. The van der Waals surface area contributed by atoms with Gasteiger partial charge in [-0.3, -0.25) is 10.1 Å². The summed E-state index contributed by atoms with van der Waals surface area (Å²) >= 11 is 0. The maximum atomic E-state index is 11.1. The third kappa shape index (κ3) is 2.75. The van der Waals surface area contributed by atoms with Crippen molar-refractivity contribution in [3.8, 4) is 0 Å². The van der Waals surface area contributed by atoms with Crippen LogP contribution in [0.5, 0.6) is 0 Å².